The van der Waals surface area contributed by atoms with E-state index in [4.69, 9.17) is 14.2 Å². The van der Waals surface area contributed by atoms with Crippen molar-refractivity contribution in [3.8, 4) is 0 Å². The van der Waals surface area contributed by atoms with Crippen LogP contribution in [0, 0.1) is 34.5 Å². The number of fused-ring (bicyclic) bond motifs is 8. The van der Waals surface area contributed by atoms with Gasteiger partial charge in [0, 0.05) is 12.3 Å². The molecular weight excluding hydrogens is 316 g/mol. The summed E-state index contributed by atoms with van der Waals surface area (Å²) < 4.78 is 17.7. The summed E-state index contributed by atoms with van der Waals surface area (Å²) in [7, 11) is 0. The van der Waals surface area contributed by atoms with E-state index in [1.54, 1.807) is 0 Å². The van der Waals surface area contributed by atoms with Crippen molar-refractivity contribution in [2.45, 2.75) is 89.8 Å². The van der Waals surface area contributed by atoms with Crippen LogP contribution in [-0.4, -0.2) is 30.1 Å². The van der Waals surface area contributed by atoms with Crippen LogP contribution in [0.15, 0.2) is 0 Å². The number of epoxide rings is 2. The van der Waals surface area contributed by atoms with E-state index in [2.05, 4.69) is 13.8 Å². The van der Waals surface area contributed by atoms with Gasteiger partial charge in [-0.3, -0.25) is 4.79 Å². The van der Waals surface area contributed by atoms with Gasteiger partial charge in [-0.2, -0.15) is 0 Å². The van der Waals surface area contributed by atoms with Crippen LogP contribution in [0.1, 0.15) is 65.7 Å². The first-order chi connectivity index (χ1) is 11.9. The smallest absolute Gasteiger partial charge is 0.305 e. The maximum Gasteiger partial charge on any atom is 0.305 e. The summed E-state index contributed by atoms with van der Waals surface area (Å²) in [6, 6.07) is 0. The number of carbonyl (C=O) groups excluding carboxylic acids is 1. The van der Waals surface area contributed by atoms with Crippen LogP contribution in [0.5, 0.6) is 0 Å². The number of esters is 1. The average Bonchev–Trinajstić information content (AvgIpc) is 3.42. The fraction of sp³-hybridized carbons (Fsp3) is 0.952. The van der Waals surface area contributed by atoms with Gasteiger partial charge in [0.25, 0.3) is 0 Å². The summed E-state index contributed by atoms with van der Waals surface area (Å²) >= 11 is 0. The second kappa shape index (κ2) is 4.44. The van der Waals surface area contributed by atoms with E-state index in [9.17, 15) is 4.79 Å². The molecule has 4 nitrogen and oxygen atoms in total. The van der Waals surface area contributed by atoms with E-state index in [0.717, 1.165) is 30.6 Å². The van der Waals surface area contributed by atoms with Crippen LogP contribution in [0.2, 0.25) is 0 Å². The van der Waals surface area contributed by atoms with Crippen LogP contribution < -0.4 is 0 Å². The van der Waals surface area contributed by atoms with Crippen molar-refractivity contribution in [3.05, 3.63) is 0 Å². The molecule has 6 rings (SSSR count). The van der Waals surface area contributed by atoms with Crippen LogP contribution in [0.4, 0.5) is 0 Å². The molecule has 10 unspecified atom stereocenters. The van der Waals surface area contributed by atoms with E-state index in [-0.39, 0.29) is 17.5 Å². The first-order valence-corrected chi connectivity index (χ1v) is 10.4. The predicted molar refractivity (Wildman–Crippen MR) is 90.5 cm³/mol. The van der Waals surface area contributed by atoms with Gasteiger partial charge in [0.1, 0.15) is 6.10 Å². The van der Waals surface area contributed by atoms with Crippen LogP contribution in [-0.2, 0) is 19.0 Å². The number of ether oxygens (including phenoxy) is 3. The van der Waals surface area contributed by atoms with Crippen LogP contribution in [0.25, 0.3) is 0 Å². The third kappa shape index (κ3) is 1.74. The SMILES string of the molecule is CC(=O)OC12OC1CC1C3CCC4CC5OC5CC4(C)C3CCC12C. The van der Waals surface area contributed by atoms with E-state index in [1.165, 1.54) is 39.0 Å². The number of hydrogen-bond acceptors (Lipinski definition) is 4. The Bertz CT molecular complexity index is 648. The van der Waals surface area contributed by atoms with Crippen molar-refractivity contribution in [3.63, 3.8) is 0 Å². The topological polar surface area (TPSA) is 51.4 Å². The predicted octanol–water partition coefficient (Wildman–Crippen LogP) is 3.67. The Labute approximate surface area is 150 Å². The third-order valence-corrected chi connectivity index (χ3v) is 9.54. The standard InChI is InChI=1S/C21H30O4/c1-11(22)24-21-18(25-21)9-15-13-5-4-12-8-16-17(23-16)10-19(12,2)14(13)6-7-20(15,21)3/h12-18H,4-10H2,1-3H3. The molecule has 2 heterocycles. The molecule has 0 aromatic rings. The van der Waals surface area contributed by atoms with Gasteiger partial charge in [0.2, 0.25) is 5.79 Å². The highest BCUT2D eigenvalue weighted by atomic mass is 16.8. The molecule has 0 radical (unpaired) electrons. The Morgan fingerprint density at radius 3 is 2.72 bits per heavy atom. The van der Waals surface area contributed by atoms with Gasteiger partial charge in [0.15, 0.2) is 0 Å². The maximum atomic E-state index is 11.7. The Kier molecular flexibility index (Phi) is 2.74. The van der Waals surface area contributed by atoms with E-state index in [1.807, 2.05) is 0 Å². The van der Waals surface area contributed by atoms with Crippen molar-refractivity contribution in [1.82, 2.24) is 0 Å². The molecule has 6 fully saturated rings. The fourth-order valence-corrected chi connectivity index (χ4v) is 8.24. The lowest BCUT2D eigenvalue weighted by molar-refractivity contribution is -0.198. The van der Waals surface area contributed by atoms with Crippen molar-refractivity contribution < 1.29 is 19.0 Å². The summed E-state index contributed by atoms with van der Waals surface area (Å²) in [6.07, 6.45) is 10.1. The molecule has 6 aliphatic rings. The largest absolute Gasteiger partial charge is 0.430 e. The summed E-state index contributed by atoms with van der Waals surface area (Å²) in [6.45, 7) is 6.44. The summed E-state index contributed by atoms with van der Waals surface area (Å²) in [5, 5.41) is 0. The van der Waals surface area contributed by atoms with Crippen LogP contribution >= 0.6 is 0 Å². The molecule has 0 spiro atoms. The first kappa shape index (κ1) is 15.4. The lowest BCUT2D eigenvalue weighted by Crippen LogP contribution is -2.56. The molecule has 138 valence electrons. The number of rotatable bonds is 1. The third-order valence-electron chi connectivity index (χ3n) is 9.54. The molecule has 2 aliphatic heterocycles. The highest BCUT2D eigenvalue weighted by molar-refractivity contribution is 5.67. The maximum absolute atomic E-state index is 11.7. The Morgan fingerprint density at radius 1 is 1.08 bits per heavy atom. The highest BCUT2D eigenvalue weighted by Gasteiger charge is 2.80. The average molecular weight is 346 g/mol. The zero-order valence-corrected chi connectivity index (χ0v) is 15.6. The minimum atomic E-state index is -0.594. The lowest BCUT2D eigenvalue weighted by Gasteiger charge is -2.60. The lowest BCUT2D eigenvalue weighted by atomic mass is 9.45. The van der Waals surface area contributed by atoms with Crippen molar-refractivity contribution in [1.29, 1.82) is 0 Å². The van der Waals surface area contributed by atoms with Gasteiger partial charge in [-0.05, 0) is 74.0 Å². The molecule has 10 atom stereocenters. The zero-order chi connectivity index (χ0) is 17.2. The molecule has 2 saturated heterocycles. The van der Waals surface area contributed by atoms with E-state index < -0.39 is 5.79 Å². The van der Waals surface area contributed by atoms with Crippen molar-refractivity contribution in [2.75, 3.05) is 0 Å². The van der Waals surface area contributed by atoms with Gasteiger partial charge in [-0.1, -0.05) is 13.8 Å². The molecular formula is C21H30O4. The molecule has 0 N–H and O–H groups in total. The van der Waals surface area contributed by atoms with Crippen molar-refractivity contribution in [2.24, 2.45) is 34.5 Å². The minimum absolute atomic E-state index is 0.0149. The Morgan fingerprint density at radius 2 is 1.92 bits per heavy atom. The summed E-state index contributed by atoms with van der Waals surface area (Å²) in [4.78, 5) is 11.7. The van der Waals surface area contributed by atoms with E-state index >= 15 is 0 Å². The van der Waals surface area contributed by atoms with E-state index in [0.29, 0.717) is 23.5 Å². The molecule has 0 amide bonds. The van der Waals surface area contributed by atoms with Gasteiger partial charge < -0.3 is 14.2 Å². The fourth-order valence-electron chi connectivity index (χ4n) is 8.24. The normalized spacial score (nSPS) is 63.4. The quantitative estimate of drug-likeness (QED) is 0.537. The van der Waals surface area contributed by atoms with Gasteiger partial charge in [-0.15, -0.1) is 0 Å². The van der Waals surface area contributed by atoms with Gasteiger partial charge in [0.05, 0.1) is 12.2 Å². The first-order valence-electron chi connectivity index (χ1n) is 10.4. The molecule has 4 heteroatoms. The highest BCUT2D eigenvalue weighted by Crippen LogP contribution is 2.74. The zero-order valence-electron chi connectivity index (χ0n) is 15.6. The molecule has 4 aliphatic carbocycles. The van der Waals surface area contributed by atoms with Gasteiger partial charge in [-0.25, -0.2) is 0 Å². The minimum Gasteiger partial charge on any atom is -0.430 e. The summed E-state index contributed by atoms with van der Waals surface area (Å²) in [5.41, 5.74) is 0.477. The monoisotopic (exact) mass is 346 g/mol. The Hall–Kier alpha value is -0.610. The van der Waals surface area contributed by atoms with Crippen LogP contribution in [0.3, 0.4) is 0 Å². The van der Waals surface area contributed by atoms with Crippen molar-refractivity contribution >= 4 is 5.97 Å². The number of carbonyl (C=O) groups is 1. The molecule has 4 saturated carbocycles. The Balaban J connectivity index is 1.32. The summed E-state index contributed by atoms with van der Waals surface area (Å²) in [5.74, 6) is 2.33. The molecule has 25 heavy (non-hydrogen) atoms. The second-order valence-electron chi connectivity index (χ2n) is 10.4. The molecule has 0 aromatic heterocycles. The van der Waals surface area contributed by atoms with Gasteiger partial charge >= 0.3 is 5.97 Å². The number of hydrogen-bond donors (Lipinski definition) is 0. The molecule has 0 bridgehead atoms. The second-order valence-corrected chi connectivity index (χ2v) is 10.4. The molecule has 0 aromatic carbocycles.